The average molecular weight is 273 g/mol. The van der Waals surface area contributed by atoms with Crippen LogP contribution in [0.1, 0.15) is 37.6 Å². The van der Waals surface area contributed by atoms with Crippen molar-refractivity contribution in [2.45, 2.75) is 39.8 Å². The van der Waals surface area contributed by atoms with Crippen LogP contribution in [0, 0.1) is 6.92 Å². The molecule has 1 N–H and O–H groups in total. The lowest BCUT2D eigenvalue weighted by Gasteiger charge is -2.16. The molecular weight excluding hydrogens is 250 g/mol. The molecule has 0 aliphatic heterocycles. The van der Waals surface area contributed by atoms with E-state index in [2.05, 4.69) is 47.0 Å². The van der Waals surface area contributed by atoms with Gasteiger partial charge in [-0.3, -0.25) is 0 Å². The van der Waals surface area contributed by atoms with Gasteiger partial charge in [0.1, 0.15) is 5.75 Å². The molecule has 0 radical (unpaired) electrons. The highest BCUT2D eigenvalue weighted by atomic mass is 16.5. The van der Waals surface area contributed by atoms with Crippen LogP contribution in [0.2, 0.25) is 0 Å². The first-order valence-electron chi connectivity index (χ1n) is 7.08. The summed E-state index contributed by atoms with van der Waals surface area (Å²) in [6.07, 6.45) is 3.19. The highest BCUT2D eigenvalue weighted by molar-refractivity contribution is 5.36. The monoisotopic (exact) mass is 273 g/mol. The second-order valence-corrected chi connectivity index (χ2v) is 5.04. The van der Waals surface area contributed by atoms with E-state index in [1.54, 1.807) is 7.11 Å². The maximum absolute atomic E-state index is 5.18. The van der Waals surface area contributed by atoms with Crippen molar-refractivity contribution in [3.05, 3.63) is 41.7 Å². The van der Waals surface area contributed by atoms with Gasteiger partial charge in [-0.05, 0) is 38.0 Å². The molecule has 20 heavy (non-hydrogen) atoms. The van der Waals surface area contributed by atoms with E-state index in [1.807, 2.05) is 19.1 Å². The molecule has 2 aromatic rings. The van der Waals surface area contributed by atoms with Gasteiger partial charge in [0.15, 0.2) is 0 Å². The predicted octanol–water partition coefficient (Wildman–Crippen LogP) is 3.78. The lowest BCUT2D eigenvalue weighted by molar-refractivity contribution is 0.414. The second-order valence-electron chi connectivity index (χ2n) is 5.04. The number of imidazole rings is 1. The molecule has 1 aromatic carbocycles. The number of anilines is 1. The van der Waals surface area contributed by atoms with E-state index in [1.165, 1.54) is 5.56 Å². The number of methoxy groups -OCH3 is 1. The maximum atomic E-state index is 5.18. The highest BCUT2D eigenvalue weighted by Crippen LogP contribution is 2.21. The van der Waals surface area contributed by atoms with Crippen molar-refractivity contribution >= 4 is 5.95 Å². The van der Waals surface area contributed by atoms with Crippen molar-refractivity contribution in [3.63, 3.8) is 0 Å². The summed E-state index contributed by atoms with van der Waals surface area (Å²) in [4.78, 5) is 4.56. The SMILES string of the molecule is CCCn1cc(C)nc1NC(C)c1ccc(OC)cc1. The quantitative estimate of drug-likeness (QED) is 0.870. The Balaban J connectivity index is 2.11. The fourth-order valence-electron chi connectivity index (χ4n) is 2.24. The molecule has 0 bridgehead atoms. The minimum Gasteiger partial charge on any atom is -0.497 e. The van der Waals surface area contributed by atoms with Gasteiger partial charge in [-0.1, -0.05) is 19.1 Å². The molecule has 0 fully saturated rings. The summed E-state index contributed by atoms with van der Waals surface area (Å²) in [5, 5.41) is 3.48. The number of hydrogen-bond donors (Lipinski definition) is 1. The van der Waals surface area contributed by atoms with E-state index in [4.69, 9.17) is 4.74 Å². The van der Waals surface area contributed by atoms with E-state index >= 15 is 0 Å². The Morgan fingerprint density at radius 2 is 2.00 bits per heavy atom. The van der Waals surface area contributed by atoms with Crippen LogP contribution >= 0.6 is 0 Å². The summed E-state index contributed by atoms with van der Waals surface area (Å²) in [5.74, 6) is 1.82. The molecule has 2 rings (SSSR count). The summed E-state index contributed by atoms with van der Waals surface area (Å²) in [6, 6.07) is 8.33. The number of ether oxygens (including phenoxy) is 1. The van der Waals surface area contributed by atoms with Crippen molar-refractivity contribution in [1.82, 2.24) is 9.55 Å². The summed E-state index contributed by atoms with van der Waals surface area (Å²) in [7, 11) is 1.68. The van der Waals surface area contributed by atoms with E-state index in [-0.39, 0.29) is 6.04 Å². The van der Waals surface area contributed by atoms with Gasteiger partial charge in [0.2, 0.25) is 5.95 Å². The van der Waals surface area contributed by atoms with Gasteiger partial charge in [0.05, 0.1) is 18.8 Å². The number of nitrogens with one attached hydrogen (secondary N) is 1. The van der Waals surface area contributed by atoms with Gasteiger partial charge in [-0.25, -0.2) is 4.98 Å². The molecule has 4 heteroatoms. The molecule has 108 valence electrons. The van der Waals surface area contributed by atoms with Crippen LogP contribution in [0.3, 0.4) is 0 Å². The Morgan fingerprint density at radius 3 is 2.60 bits per heavy atom. The molecule has 0 aliphatic rings. The number of aromatic nitrogens is 2. The summed E-state index contributed by atoms with van der Waals surface area (Å²) in [6.45, 7) is 7.32. The minimum atomic E-state index is 0.207. The fraction of sp³-hybridized carbons (Fsp3) is 0.438. The van der Waals surface area contributed by atoms with Crippen LogP contribution in [0.15, 0.2) is 30.5 Å². The first kappa shape index (κ1) is 14.4. The molecule has 1 heterocycles. The lowest BCUT2D eigenvalue weighted by atomic mass is 10.1. The van der Waals surface area contributed by atoms with Crippen LogP contribution < -0.4 is 10.1 Å². The van der Waals surface area contributed by atoms with Crippen molar-refractivity contribution in [1.29, 1.82) is 0 Å². The predicted molar refractivity (Wildman–Crippen MR) is 82.3 cm³/mol. The summed E-state index contributed by atoms with van der Waals surface area (Å²) < 4.78 is 7.36. The first-order valence-corrected chi connectivity index (χ1v) is 7.08. The van der Waals surface area contributed by atoms with Gasteiger partial charge in [0.25, 0.3) is 0 Å². The second kappa shape index (κ2) is 6.46. The Kier molecular flexibility index (Phi) is 4.66. The average Bonchev–Trinajstić information content (AvgIpc) is 2.79. The van der Waals surface area contributed by atoms with Gasteiger partial charge in [-0.15, -0.1) is 0 Å². The van der Waals surface area contributed by atoms with Crippen molar-refractivity contribution in [2.75, 3.05) is 12.4 Å². The Morgan fingerprint density at radius 1 is 1.30 bits per heavy atom. The normalized spacial score (nSPS) is 12.2. The van der Waals surface area contributed by atoms with E-state index in [0.29, 0.717) is 0 Å². The number of benzene rings is 1. The van der Waals surface area contributed by atoms with Crippen LogP contribution in [-0.4, -0.2) is 16.7 Å². The maximum Gasteiger partial charge on any atom is 0.203 e. The summed E-state index contributed by atoms with van der Waals surface area (Å²) >= 11 is 0. The first-order chi connectivity index (χ1) is 9.63. The smallest absolute Gasteiger partial charge is 0.203 e. The zero-order chi connectivity index (χ0) is 14.5. The molecule has 0 aliphatic carbocycles. The molecular formula is C16H23N3O. The molecule has 1 aromatic heterocycles. The van der Waals surface area contributed by atoms with E-state index in [9.17, 15) is 0 Å². The van der Waals surface area contributed by atoms with Crippen LogP contribution in [0.5, 0.6) is 5.75 Å². The molecule has 0 amide bonds. The van der Waals surface area contributed by atoms with Crippen LogP contribution in [0.4, 0.5) is 5.95 Å². The fourth-order valence-corrected chi connectivity index (χ4v) is 2.24. The largest absolute Gasteiger partial charge is 0.497 e. The van der Waals surface area contributed by atoms with E-state index < -0.39 is 0 Å². The third kappa shape index (κ3) is 3.32. The zero-order valence-electron chi connectivity index (χ0n) is 12.7. The highest BCUT2D eigenvalue weighted by Gasteiger charge is 2.10. The van der Waals surface area contributed by atoms with Gasteiger partial charge in [-0.2, -0.15) is 0 Å². The molecule has 0 spiro atoms. The molecule has 0 saturated carbocycles. The van der Waals surface area contributed by atoms with Crippen LogP contribution in [0.25, 0.3) is 0 Å². The minimum absolute atomic E-state index is 0.207. The third-order valence-electron chi connectivity index (χ3n) is 3.32. The summed E-state index contributed by atoms with van der Waals surface area (Å²) in [5.41, 5.74) is 2.26. The van der Waals surface area contributed by atoms with Crippen molar-refractivity contribution in [3.8, 4) is 5.75 Å². The zero-order valence-corrected chi connectivity index (χ0v) is 12.7. The van der Waals surface area contributed by atoms with E-state index in [0.717, 1.165) is 30.4 Å². The Bertz CT molecular complexity index is 545. The van der Waals surface area contributed by atoms with Gasteiger partial charge >= 0.3 is 0 Å². The number of aryl methyl sites for hydroxylation is 2. The topological polar surface area (TPSA) is 39.1 Å². The molecule has 1 atom stereocenters. The molecule has 1 unspecified atom stereocenters. The van der Waals surface area contributed by atoms with Crippen molar-refractivity contribution in [2.24, 2.45) is 0 Å². The Labute approximate surface area is 120 Å². The van der Waals surface area contributed by atoms with Gasteiger partial charge in [0, 0.05) is 12.7 Å². The number of rotatable bonds is 6. The molecule has 4 nitrogen and oxygen atoms in total. The molecule has 0 saturated heterocycles. The van der Waals surface area contributed by atoms with Crippen molar-refractivity contribution < 1.29 is 4.74 Å². The number of hydrogen-bond acceptors (Lipinski definition) is 3. The Hall–Kier alpha value is -1.97. The standard InChI is InChI=1S/C16H23N3O/c1-5-10-19-11-12(2)17-16(19)18-13(3)14-6-8-15(20-4)9-7-14/h6-9,11,13H,5,10H2,1-4H3,(H,17,18). The van der Waals surface area contributed by atoms with Gasteiger partial charge < -0.3 is 14.6 Å². The lowest BCUT2D eigenvalue weighted by Crippen LogP contribution is -2.11. The third-order valence-corrected chi connectivity index (χ3v) is 3.32. The van der Waals surface area contributed by atoms with Crippen LogP contribution in [-0.2, 0) is 6.54 Å². The number of nitrogens with zero attached hydrogens (tertiary/aromatic N) is 2.